The number of guanidine groups is 1. The molecule has 1 aromatic heterocycles. The summed E-state index contributed by atoms with van der Waals surface area (Å²) < 4.78 is 5.44. The van der Waals surface area contributed by atoms with Crippen LogP contribution in [0.15, 0.2) is 22.5 Å². The first-order valence-electron chi connectivity index (χ1n) is 7.71. The van der Waals surface area contributed by atoms with Gasteiger partial charge in [-0.2, -0.15) is 0 Å². The van der Waals surface area contributed by atoms with Gasteiger partial charge >= 0.3 is 0 Å². The van der Waals surface area contributed by atoms with Gasteiger partial charge in [-0.25, -0.2) is 0 Å². The van der Waals surface area contributed by atoms with Crippen LogP contribution in [0.4, 0.5) is 0 Å². The molecule has 0 spiro atoms. The Morgan fingerprint density at radius 3 is 3.00 bits per heavy atom. The van der Waals surface area contributed by atoms with Gasteiger partial charge in [0.25, 0.3) is 0 Å². The van der Waals surface area contributed by atoms with Crippen LogP contribution < -0.4 is 5.32 Å². The molecule has 0 aliphatic carbocycles. The molecule has 0 amide bonds. The lowest BCUT2D eigenvalue weighted by atomic mass is 10.1. The standard InChI is InChI=1S/C16H27N3OS.HI/c1-13(9-15-5-4-8-21-15)10-18-16(17-2)19(3)11-14-6-7-20-12-14;/h4-5,8,13-14H,6-7,9-12H2,1-3H3,(H,17,18);1H. The van der Waals surface area contributed by atoms with Gasteiger partial charge in [-0.3, -0.25) is 4.99 Å². The Labute approximate surface area is 155 Å². The van der Waals surface area contributed by atoms with E-state index in [0.29, 0.717) is 11.8 Å². The summed E-state index contributed by atoms with van der Waals surface area (Å²) in [5, 5.41) is 5.64. The van der Waals surface area contributed by atoms with Crippen molar-refractivity contribution in [2.75, 3.05) is 40.4 Å². The highest BCUT2D eigenvalue weighted by Gasteiger charge is 2.19. The Hall–Kier alpha value is -0.340. The minimum absolute atomic E-state index is 0. The number of rotatable bonds is 6. The lowest BCUT2D eigenvalue weighted by molar-refractivity contribution is 0.181. The van der Waals surface area contributed by atoms with Gasteiger partial charge < -0.3 is 15.0 Å². The Kier molecular flexibility index (Phi) is 9.35. The van der Waals surface area contributed by atoms with Crippen molar-refractivity contribution < 1.29 is 4.74 Å². The molecule has 1 N–H and O–H groups in total. The maximum Gasteiger partial charge on any atom is 0.193 e. The predicted molar refractivity (Wildman–Crippen MR) is 106 cm³/mol. The molecule has 0 bridgehead atoms. The zero-order valence-corrected chi connectivity index (χ0v) is 16.9. The first kappa shape index (κ1) is 19.7. The molecule has 1 aliphatic rings. The van der Waals surface area contributed by atoms with E-state index >= 15 is 0 Å². The molecule has 2 heterocycles. The van der Waals surface area contributed by atoms with E-state index in [9.17, 15) is 0 Å². The van der Waals surface area contributed by atoms with Crippen molar-refractivity contribution in [3.05, 3.63) is 22.4 Å². The van der Waals surface area contributed by atoms with Crippen LogP contribution in [0.1, 0.15) is 18.2 Å². The average Bonchev–Trinajstić information content (AvgIpc) is 3.13. The van der Waals surface area contributed by atoms with Gasteiger partial charge in [0.05, 0.1) is 6.61 Å². The fourth-order valence-electron chi connectivity index (χ4n) is 2.70. The van der Waals surface area contributed by atoms with E-state index in [1.54, 1.807) is 0 Å². The smallest absolute Gasteiger partial charge is 0.193 e. The molecule has 0 radical (unpaired) electrons. The zero-order chi connectivity index (χ0) is 15.1. The maximum absolute atomic E-state index is 5.44. The number of thiophene rings is 1. The molecule has 126 valence electrons. The van der Waals surface area contributed by atoms with E-state index in [0.717, 1.165) is 45.1 Å². The molecule has 2 rings (SSSR count). The summed E-state index contributed by atoms with van der Waals surface area (Å²) in [5.74, 6) is 2.22. The lowest BCUT2D eigenvalue weighted by Crippen LogP contribution is -2.43. The monoisotopic (exact) mass is 437 g/mol. The van der Waals surface area contributed by atoms with Crippen LogP contribution in [0.5, 0.6) is 0 Å². The fourth-order valence-corrected chi connectivity index (χ4v) is 3.57. The Bertz CT molecular complexity index is 433. The summed E-state index contributed by atoms with van der Waals surface area (Å²) in [7, 11) is 3.96. The SMILES string of the molecule is CN=C(NCC(C)Cc1cccs1)N(C)CC1CCOC1.I. The van der Waals surface area contributed by atoms with Crippen LogP contribution >= 0.6 is 35.3 Å². The third kappa shape index (κ3) is 6.42. The molecule has 1 saturated heterocycles. The third-order valence-electron chi connectivity index (χ3n) is 3.87. The molecule has 2 unspecified atom stereocenters. The highest BCUT2D eigenvalue weighted by molar-refractivity contribution is 14.0. The molecular formula is C16H28IN3OS. The van der Waals surface area contributed by atoms with Crippen molar-refractivity contribution in [2.24, 2.45) is 16.8 Å². The highest BCUT2D eigenvalue weighted by Crippen LogP contribution is 2.15. The molecule has 0 saturated carbocycles. The van der Waals surface area contributed by atoms with E-state index in [4.69, 9.17) is 4.74 Å². The second-order valence-corrected chi connectivity index (χ2v) is 6.96. The number of aliphatic imine (C=N–C) groups is 1. The largest absolute Gasteiger partial charge is 0.381 e. The Morgan fingerprint density at radius 1 is 1.59 bits per heavy atom. The van der Waals surface area contributed by atoms with Gasteiger partial charge in [-0.05, 0) is 30.2 Å². The number of ether oxygens (including phenoxy) is 1. The van der Waals surface area contributed by atoms with Crippen molar-refractivity contribution in [3.63, 3.8) is 0 Å². The van der Waals surface area contributed by atoms with Crippen LogP contribution in [-0.2, 0) is 11.2 Å². The quantitative estimate of drug-likeness (QED) is 0.422. The second-order valence-electron chi connectivity index (χ2n) is 5.93. The van der Waals surface area contributed by atoms with Gasteiger partial charge in [0.2, 0.25) is 0 Å². The maximum atomic E-state index is 5.44. The normalized spacial score (nSPS) is 19.6. The molecular weight excluding hydrogens is 409 g/mol. The number of halogens is 1. The first-order valence-corrected chi connectivity index (χ1v) is 8.59. The number of nitrogens with zero attached hydrogens (tertiary/aromatic N) is 2. The van der Waals surface area contributed by atoms with E-state index in [2.05, 4.69) is 46.7 Å². The third-order valence-corrected chi connectivity index (χ3v) is 4.77. The first-order chi connectivity index (χ1) is 10.2. The van der Waals surface area contributed by atoms with Crippen LogP contribution in [0.3, 0.4) is 0 Å². The zero-order valence-electron chi connectivity index (χ0n) is 13.7. The molecule has 6 heteroatoms. The molecule has 0 aromatic carbocycles. The van der Waals surface area contributed by atoms with E-state index < -0.39 is 0 Å². The van der Waals surface area contributed by atoms with Gasteiger partial charge in [0.15, 0.2) is 5.96 Å². The van der Waals surface area contributed by atoms with Crippen molar-refractivity contribution in [2.45, 2.75) is 19.8 Å². The summed E-state index contributed by atoms with van der Waals surface area (Å²) in [6.45, 7) is 6.04. The summed E-state index contributed by atoms with van der Waals surface area (Å²) >= 11 is 1.84. The summed E-state index contributed by atoms with van der Waals surface area (Å²) in [5.41, 5.74) is 0. The molecule has 4 nitrogen and oxygen atoms in total. The van der Waals surface area contributed by atoms with E-state index in [1.165, 1.54) is 4.88 Å². The van der Waals surface area contributed by atoms with Crippen molar-refractivity contribution >= 4 is 41.3 Å². The van der Waals surface area contributed by atoms with Crippen LogP contribution in [0.2, 0.25) is 0 Å². The highest BCUT2D eigenvalue weighted by atomic mass is 127. The van der Waals surface area contributed by atoms with Crippen molar-refractivity contribution in [3.8, 4) is 0 Å². The molecule has 1 aliphatic heterocycles. The van der Waals surface area contributed by atoms with Gasteiger partial charge in [-0.1, -0.05) is 13.0 Å². The number of hydrogen-bond donors (Lipinski definition) is 1. The van der Waals surface area contributed by atoms with Crippen LogP contribution in [0.25, 0.3) is 0 Å². The Morgan fingerprint density at radius 2 is 2.41 bits per heavy atom. The average molecular weight is 437 g/mol. The second kappa shape index (κ2) is 10.4. The predicted octanol–water partition coefficient (Wildman–Crippen LogP) is 3.09. The minimum atomic E-state index is 0. The number of nitrogens with one attached hydrogen (secondary N) is 1. The molecule has 1 fully saturated rings. The van der Waals surface area contributed by atoms with Crippen molar-refractivity contribution in [1.29, 1.82) is 0 Å². The molecule has 1 aromatic rings. The van der Waals surface area contributed by atoms with E-state index in [-0.39, 0.29) is 24.0 Å². The fraction of sp³-hybridized carbons (Fsp3) is 0.688. The lowest BCUT2D eigenvalue weighted by Gasteiger charge is -2.25. The summed E-state index contributed by atoms with van der Waals surface area (Å²) in [4.78, 5) is 8.07. The molecule has 22 heavy (non-hydrogen) atoms. The van der Waals surface area contributed by atoms with Crippen LogP contribution in [0, 0.1) is 11.8 Å². The summed E-state index contributed by atoms with van der Waals surface area (Å²) in [6, 6.07) is 4.33. The van der Waals surface area contributed by atoms with Gasteiger partial charge in [0, 0.05) is 44.6 Å². The number of hydrogen-bond acceptors (Lipinski definition) is 3. The van der Waals surface area contributed by atoms with Crippen LogP contribution in [-0.4, -0.2) is 51.3 Å². The van der Waals surface area contributed by atoms with E-state index in [1.807, 2.05) is 18.4 Å². The van der Waals surface area contributed by atoms with Crippen molar-refractivity contribution in [1.82, 2.24) is 10.2 Å². The Balaban J connectivity index is 0.00000242. The minimum Gasteiger partial charge on any atom is -0.381 e. The van der Waals surface area contributed by atoms with Gasteiger partial charge in [0.1, 0.15) is 0 Å². The van der Waals surface area contributed by atoms with Gasteiger partial charge in [-0.15, -0.1) is 35.3 Å². The topological polar surface area (TPSA) is 36.9 Å². The summed E-state index contributed by atoms with van der Waals surface area (Å²) in [6.07, 6.45) is 2.29. The molecule has 2 atom stereocenters.